The number of hydrogen-bond donors (Lipinski definition) is 1. The lowest BCUT2D eigenvalue weighted by molar-refractivity contribution is 0.323. The number of likely N-dealkylation sites (N-methyl/N-ethyl adjacent to an activating group) is 1. The lowest BCUT2D eigenvalue weighted by Crippen LogP contribution is -2.31. The van der Waals surface area contributed by atoms with Crippen LogP contribution in [0.3, 0.4) is 0 Å². The molecule has 0 fully saturated rings. The predicted octanol–water partition coefficient (Wildman–Crippen LogP) is 3.95. The van der Waals surface area contributed by atoms with Gasteiger partial charge in [-0.25, -0.2) is 0 Å². The van der Waals surface area contributed by atoms with E-state index in [1.54, 1.807) is 0 Å². The fraction of sp³-hybridized carbons (Fsp3) is 0.235. The van der Waals surface area contributed by atoms with Crippen molar-refractivity contribution < 1.29 is 0 Å². The highest BCUT2D eigenvalue weighted by Gasteiger charge is 2.16. The van der Waals surface area contributed by atoms with E-state index in [0.717, 1.165) is 17.6 Å². The molecule has 1 atom stereocenters. The molecule has 0 saturated carbocycles. The zero-order chi connectivity index (χ0) is 15.2. The molecule has 0 spiro atoms. The summed E-state index contributed by atoms with van der Waals surface area (Å²) in [5.74, 6) is 0.0818. The first-order chi connectivity index (χ1) is 10.1. The lowest BCUT2D eigenvalue weighted by Gasteiger charge is -2.24. The van der Waals surface area contributed by atoms with Gasteiger partial charge < -0.3 is 10.6 Å². The second-order valence-corrected chi connectivity index (χ2v) is 6.58. The van der Waals surface area contributed by atoms with Gasteiger partial charge in [0.25, 0.3) is 0 Å². The smallest absolute Gasteiger partial charge is 0.0816 e. The number of benzene rings is 2. The number of hydrogen-bond acceptors (Lipinski definition) is 2. The van der Waals surface area contributed by atoms with Crippen molar-refractivity contribution in [2.24, 2.45) is 5.73 Å². The molecule has 0 aliphatic carbocycles. The SMILES string of the molecule is CN(Cc1cccc(Br)c1)CC(C(N)=S)c1ccccc1. The van der Waals surface area contributed by atoms with Gasteiger partial charge in [0.05, 0.1) is 4.99 Å². The van der Waals surface area contributed by atoms with E-state index in [9.17, 15) is 0 Å². The topological polar surface area (TPSA) is 29.3 Å². The Bertz CT molecular complexity index is 601. The monoisotopic (exact) mass is 362 g/mol. The molecule has 0 aliphatic rings. The average molecular weight is 363 g/mol. The molecule has 0 saturated heterocycles. The Morgan fingerprint density at radius 2 is 1.90 bits per heavy atom. The van der Waals surface area contributed by atoms with Crippen LogP contribution in [-0.4, -0.2) is 23.5 Å². The van der Waals surface area contributed by atoms with Gasteiger partial charge in [-0.3, -0.25) is 0 Å². The Morgan fingerprint density at radius 3 is 2.52 bits per heavy atom. The molecule has 110 valence electrons. The maximum absolute atomic E-state index is 5.93. The van der Waals surface area contributed by atoms with Crippen LogP contribution in [-0.2, 0) is 6.54 Å². The minimum Gasteiger partial charge on any atom is -0.393 e. The van der Waals surface area contributed by atoms with Gasteiger partial charge in [0.2, 0.25) is 0 Å². The molecule has 0 heterocycles. The van der Waals surface area contributed by atoms with Gasteiger partial charge in [0, 0.05) is 23.5 Å². The Kier molecular flexibility index (Phi) is 5.91. The van der Waals surface area contributed by atoms with Gasteiger partial charge in [-0.15, -0.1) is 0 Å². The number of thiocarbonyl (C=S) groups is 1. The van der Waals surface area contributed by atoms with E-state index in [2.05, 4.69) is 58.2 Å². The summed E-state index contributed by atoms with van der Waals surface area (Å²) >= 11 is 8.75. The van der Waals surface area contributed by atoms with Gasteiger partial charge >= 0.3 is 0 Å². The first-order valence-electron chi connectivity index (χ1n) is 6.83. The van der Waals surface area contributed by atoms with Crippen molar-refractivity contribution >= 4 is 33.1 Å². The zero-order valence-corrected chi connectivity index (χ0v) is 14.4. The largest absolute Gasteiger partial charge is 0.393 e. The van der Waals surface area contributed by atoms with Crippen LogP contribution in [0.25, 0.3) is 0 Å². The highest BCUT2D eigenvalue weighted by Crippen LogP contribution is 2.19. The number of halogens is 1. The quantitative estimate of drug-likeness (QED) is 0.788. The molecule has 2 rings (SSSR count). The van der Waals surface area contributed by atoms with Crippen LogP contribution in [0.5, 0.6) is 0 Å². The molecule has 0 amide bonds. The molecule has 0 aliphatic heterocycles. The second kappa shape index (κ2) is 7.69. The summed E-state index contributed by atoms with van der Waals surface area (Å²) in [7, 11) is 2.09. The second-order valence-electron chi connectivity index (χ2n) is 5.19. The molecule has 2 aromatic carbocycles. The fourth-order valence-electron chi connectivity index (χ4n) is 2.37. The highest BCUT2D eigenvalue weighted by atomic mass is 79.9. The summed E-state index contributed by atoms with van der Waals surface area (Å²) in [6, 6.07) is 18.6. The van der Waals surface area contributed by atoms with Crippen LogP contribution in [0.4, 0.5) is 0 Å². The van der Waals surface area contributed by atoms with Crippen LogP contribution < -0.4 is 5.73 Å². The van der Waals surface area contributed by atoms with Gasteiger partial charge in [0.15, 0.2) is 0 Å². The van der Waals surface area contributed by atoms with Crippen molar-refractivity contribution in [3.63, 3.8) is 0 Å². The molecule has 1 unspecified atom stereocenters. The molecular formula is C17H19BrN2S. The molecule has 0 aromatic heterocycles. The van der Waals surface area contributed by atoms with E-state index in [0.29, 0.717) is 4.99 Å². The fourth-order valence-corrected chi connectivity index (χ4v) is 3.03. The summed E-state index contributed by atoms with van der Waals surface area (Å²) < 4.78 is 1.10. The van der Waals surface area contributed by atoms with E-state index in [-0.39, 0.29) is 5.92 Å². The van der Waals surface area contributed by atoms with E-state index < -0.39 is 0 Å². The van der Waals surface area contributed by atoms with Crippen LogP contribution in [0, 0.1) is 0 Å². The van der Waals surface area contributed by atoms with Gasteiger partial charge in [0.1, 0.15) is 0 Å². The molecule has 0 bridgehead atoms. The van der Waals surface area contributed by atoms with Crippen molar-refractivity contribution in [1.82, 2.24) is 4.90 Å². The molecule has 2 N–H and O–H groups in total. The van der Waals surface area contributed by atoms with Crippen LogP contribution >= 0.6 is 28.1 Å². The summed E-state index contributed by atoms with van der Waals surface area (Å²) in [6.45, 7) is 1.68. The zero-order valence-electron chi connectivity index (χ0n) is 12.0. The van der Waals surface area contributed by atoms with Crippen molar-refractivity contribution in [2.45, 2.75) is 12.5 Å². The van der Waals surface area contributed by atoms with Gasteiger partial charge in [-0.1, -0.05) is 70.6 Å². The average Bonchev–Trinajstić information content (AvgIpc) is 2.45. The molecular weight excluding hydrogens is 344 g/mol. The Morgan fingerprint density at radius 1 is 1.19 bits per heavy atom. The van der Waals surface area contributed by atoms with Crippen molar-refractivity contribution in [3.8, 4) is 0 Å². The minimum absolute atomic E-state index is 0.0818. The molecule has 4 heteroatoms. The summed E-state index contributed by atoms with van der Waals surface area (Å²) in [6.07, 6.45) is 0. The molecule has 2 nitrogen and oxygen atoms in total. The summed E-state index contributed by atoms with van der Waals surface area (Å²) in [5.41, 5.74) is 8.37. The third kappa shape index (κ3) is 4.92. The minimum atomic E-state index is 0.0818. The highest BCUT2D eigenvalue weighted by molar-refractivity contribution is 9.10. The maximum Gasteiger partial charge on any atom is 0.0816 e. The van der Waals surface area contributed by atoms with E-state index in [1.165, 1.54) is 11.1 Å². The van der Waals surface area contributed by atoms with Crippen molar-refractivity contribution in [2.75, 3.05) is 13.6 Å². The Hall–Kier alpha value is -1.23. The summed E-state index contributed by atoms with van der Waals surface area (Å²) in [4.78, 5) is 2.79. The number of nitrogens with two attached hydrogens (primary N) is 1. The van der Waals surface area contributed by atoms with E-state index in [1.807, 2.05) is 24.3 Å². The summed E-state index contributed by atoms with van der Waals surface area (Å²) in [5, 5.41) is 0. The number of nitrogens with zero attached hydrogens (tertiary/aromatic N) is 1. The van der Waals surface area contributed by atoms with Gasteiger partial charge in [-0.2, -0.15) is 0 Å². The Labute approximate surface area is 140 Å². The first-order valence-corrected chi connectivity index (χ1v) is 8.03. The van der Waals surface area contributed by atoms with E-state index in [4.69, 9.17) is 18.0 Å². The predicted molar refractivity (Wildman–Crippen MR) is 96.4 cm³/mol. The molecule has 21 heavy (non-hydrogen) atoms. The van der Waals surface area contributed by atoms with Crippen LogP contribution in [0.1, 0.15) is 17.0 Å². The third-order valence-corrected chi connectivity index (χ3v) is 4.16. The van der Waals surface area contributed by atoms with Crippen molar-refractivity contribution in [1.29, 1.82) is 0 Å². The standard InChI is InChI=1S/C17H19BrN2S/c1-20(11-13-6-5-9-15(18)10-13)12-16(17(19)21)14-7-3-2-4-8-14/h2-10,16H,11-12H2,1H3,(H2,19,21). The van der Waals surface area contributed by atoms with Crippen LogP contribution in [0.2, 0.25) is 0 Å². The normalized spacial score (nSPS) is 12.3. The van der Waals surface area contributed by atoms with Gasteiger partial charge in [-0.05, 0) is 30.3 Å². The lowest BCUT2D eigenvalue weighted by atomic mass is 9.98. The molecule has 2 aromatic rings. The van der Waals surface area contributed by atoms with Crippen molar-refractivity contribution in [3.05, 3.63) is 70.2 Å². The van der Waals surface area contributed by atoms with E-state index >= 15 is 0 Å². The number of rotatable bonds is 6. The molecule has 0 radical (unpaired) electrons. The first kappa shape index (κ1) is 16.1. The Balaban J connectivity index is 2.05. The van der Waals surface area contributed by atoms with Crippen LogP contribution in [0.15, 0.2) is 59.1 Å². The maximum atomic E-state index is 5.93. The third-order valence-electron chi connectivity index (χ3n) is 3.38.